The summed E-state index contributed by atoms with van der Waals surface area (Å²) >= 11 is 6.13. The van der Waals surface area contributed by atoms with Crippen LogP contribution in [-0.4, -0.2) is 26.1 Å². The van der Waals surface area contributed by atoms with Crippen molar-refractivity contribution < 1.29 is 0 Å². The molecule has 0 aliphatic carbocycles. The normalized spacial score (nSPS) is 11.1. The summed E-state index contributed by atoms with van der Waals surface area (Å²) in [5, 5.41) is 9.93. The number of nitrogens with one attached hydrogen (secondary N) is 3. The lowest BCUT2D eigenvalue weighted by Crippen LogP contribution is -2.20. The van der Waals surface area contributed by atoms with E-state index in [9.17, 15) is 4.79 Å². The smallest absolute Gasteiger partial charge is 0.274 e. The third-order valence-electron chi connectivity index (χ3n) is 3.52. The van der Waals surface area contributed by atoms with Crippen LogP contribution < -0.4 is 16.2 Å². The lowest BCUT2D eigenvalue weighted by atomic mass is 10.2. The molecule has 126 valence electrons. The first kappa shape index (κ1) is 16.5. The number of fused-ring (bicyclic) bond motifs is 1. The number of rotatable bonds is 7. The van der Waals surface area contributed by atoms with Gasteiger partial charge < -0.3 is 10.6 Å². The van der Waals surface area contributed by atoms with Gasteiger partial charge in [0, 0.05) is 24.2 Å². The van der Waals surface area contributed by atoms with Crippen LogP contribution in [0.15, 0.2) is 35.1 Å². The van der Waals surface area contributed by atoms with E-state index in [1.807, 2.05) is 24.3 Å². The molecule has 0 fully saturated rings. The van der Waals surface area contributed by atoms with Gasteiger partial charge in [0.05, 0.1) is 5.69 Å². The molecule has 3 N–H and O–H groups in total. The summed E-state index contributed by atoms with van der Waals surface area (Å²) in [5.41, 5.74) is 1.44. The highest BCUT2D eigenvalue weighted by Crippen LogP contribution is 2.15. The maximum absolute atomic E-state index is 12.1. The van der Waals surface area contributed by atoms with E-state index in [0.29, 0.717) is 35.5 Å². The van der Waals surface area contributed by atoms with Crippen LogP contribution >= 0.6 is 11.6 Å². The number of hydrogen-bond acceptors (Lipinski definition) is 5. The number of aromatic nitrogens is 4. The van der Waals surface area contributed by atoms with Gasteiger partial charge >= 0.3 is 0 Å². The Kier molecular flexibility index (Phi) is 5.12. The molecule has 0 bridgehead atoms. The van der Waals surface area contributed by atoms with Crippen LogP contribution in [0.2, 0.25) is 5.02 Å². The van der Waals surface area contributed by atoms with Crippen LogP contribution in [0.5, 0.6) is 0 Å². The van der Waals surface area contributed by atoms with Crippen LogP contribution in [0.3, 0.4) is 0 Å². The van der Waals surface area contributed by atoms with E-state index in [4.69, 9.17) is 11.6 Å². The van der Waals surface area contributed by atoms with Crippen molar-refractivity contribution in [3.63, 3.8) is 0 Å². The maximum atomic E-state index is 12.1. The fraction of sp³-hybridized carbons (Fsp3) is 0.312. The van der Waals surface area contributed by atoms with E-state index < -0.39 is 0 Å². The fourth-order valence-corrected chi connectivity index (χ4v) is 2.51. The number of nitrogens with zero attached hydrogens (tertiary/aromatic N) is 3. The second-order valence-corrected chi connectivity index (χ2v) is 5.82. The molecule has 0 atom stereocenters. The Labute approximate surface area is 144 Å². The number of H-pyrrole nitrogens is 1. The molecular weight excluding hydrogens is 328 g/mol. The van der Waals surface area contributed by atoms with Gasteiger partial charge in [-0.15, -0.1) is 0 Å². The van der Waals surface area contributed by atoms with Crippen molar-refractivity contribution in [1.29, 1.82) is 0 Å². The Balaban J connectivity index is 1.77. The zero-order chi connectivity index (χ0) is 16.9. The Morgan fingerprint density at radius 2 is 2.08 bits per heavy atom. The first-order chi connectivity index (χ1) is 11.7. The standard InChI is InChI=1S/C16H19ClN6O/c1-2-7-18-10-12-8-14(24)23-16(20-12)21-15(22-23)19-9-11-5-3-4-6-13(11)17/h3-6,8,18H,2,7,9-10H2,1H3,(H2,19,20,21,22). The molecule has 24 heavy (non-hydrogen) atoms. The second-order valence-electron chi connectivity index (χ2n) is 5.42. The Bertz CT molecular complexity index is 888. The summed E-state index contributed by atoms with van der Waals surface area (Å²) in [7, 11) is 0. The van der Waals surface area contributed by atoms with E-state index >= 15 is 0 Å². The minimum absolute atomic E-state index is 0.188. The third kappa shape index (κ3) is 3.74. The number of hydrogen-bond donors (Lipinski definition) is 3. The van der Waals surface area contributed by atoms with Crippen molar-refractivity contribution in [3.8, 4) is 0 Å². The van der Waals surface area contributed by atoms with Gasteiger partial charge in [-0.1, -0.05) is 36.7 Å². The van der Waals surface area contributed by atoms with Crippen LogP contribution in [0.25, 0.3) is 5.78 Å². The lowest BCUT2D eigenvalue weighted by molar-refractivity contribution is 0.661. The number of anilines is 1. The average molecular weight is 347 g/mol. The van der Waals surface area contributed by atoms with E-state index in [0.717, 1.165) is 18.5 Å². The summed E-state index contributed by atoms with van der Waals surface area (Å²) < 4.78 is 1.32. The van der Waals surface area contributed by atoms with E-state index in [1.165, 1.54) is 10.6 Å². The van der Waals surface area contributed by atoms with Gasteiger partial charge in [-0.2, -0.15) is 9.50 Å². The zero-order valence-corrected chi connectivity index (χ0v) is 14.1. The predicted octanol–water partition coefficient (Wildman–Crippen LogP) is 2.18. The minimum atomic E-state index is -0.188. The molecule has 3 aromatic rings. The van der Waals surface area contributed by atoms with Crippen molar-refractivity contribution in [2.75, 3.05) is 11.9 Å². The average Bonchev–Trinajstić information content (AvgIpc) is 2.98. The maximum Gasteiger partial charge on any atom is 0.274 e. The molecule has 0 unspecified atom stereocenters. The van der Waals surface area contributed by atoms with Crippen LogP contribution in [0.1, 0.15) is 24.6 Å². The largest absolute Gasteiger partial charge is 0.350 e. The van der Waals surface area contributed by atoms with Gasteiger partial charge in [-0.05, 0) is 24.6 Å². The molecule has 7 nitrogen and oxygen atoms in total. The van der Waals surface area contributed by atoms with Crippen molar-refractivity contribution >= 4 is 23.3 Å². The van der Waals surface area contributed by atoms with Gasteiger partial charge in [-0.25, -0.2) is 4.98 Å². The number of benzene rings is 1. The molecule has 0 radical (unpaired) electrons. The zero-order valence-electron chi connectivity index (χ0n) is 13.3. The molecule has 2 heterocycles. The molecular formula is C16H19ClN6O. The van der Waals surface area contributed by atoms with E-state index in [1.54, 1.807) is 0 Å². The molecule has 0 amide bonds. The molecule has 0 aliphatic rings. The SMILES string of the molecule is CCCNCc1cc(=O)n2[nH]c(NCc3ccccc3Cl)nc2n1. The van der Waals surface area contributed by atoms with Crippen LogP contribution in [-0.2, 0) is 13.1 Å². The molecule has 2 aromatic heterocycles. The quantitative estimate of drug-likeness (QED) is 0.571. The highest BCUT2D eigenvalue weighted by molar-refractivity contribution is 6.31. The topological polar surface area (TPSA) is 87.1 Å². The molecule has 0 saturated heterocycles. The van der Waals surface area contributed by atoms with Crippen molar-refractivity contribution in [3.05, 3.63) is 57.0 Å². The summed E-state index contributed by atoms with van der Waals surface area (Å²) in [6.07, 6.45) is 1.03. The Morgan fingerprint density at radius 1 is 1.25 bits per heavy atom. The molecule has 1 aromatic carbocycles. The van der Waals surface area contributed by atoms with E-state index in [2.05, 4.69) is 32.6 Å². The second kappa shape index (κ2) is 7.46. The molecule has 0 saturated carbocycles. The first-order valence-corrected chi connectivity index (χ1v) is 8.22. The highest BCUT2D eigenvalue weighted by Gasteiger charge is 2.08. The summed E-state index contributed by atoms with van der Waals surface area (Å²) in [4.78, 5) is 20.9. The third-order valence-corrected chi connectivity index (χ3v) is 3.89. The summed E-state index contributed by atoms with van der Waals surface area (Å²) in [5.74, 6) is 0.815. The van der Waals surface area contributed by atoms with Crippen molar-refractivity contribution in [2.24, 2.45) is 0 Å². The van der Waals surface area contributed by atoms with Gasteiger partial charge in [0.25, 0.3) is 11.3 Å². The lowest BCUT2D eigenvalue weighted by Gasteiger charge is -2.04. The van der Waals surface area contributed by atoms with Crippen molar-refractivity contribution in [1.82, 2.24) is 24.9 Å². The van der Waals surface area contributed by atoms with E-state index in [-0.39, 0.29) is 5.56 Å². The molecule has 0 aliphatic heterocycles. The predicted molar refractivity (Wildman–Crippen MR) is 94.4 cm³/mol. The van der Waals surface area contributed by atoms with Crippen LogP contribution in [0, 0.1) is 0 Å². The Hall–Kier alpha value is -2.38. The minimum Gasteiger partial charge on any atom is -0.350 e. The van der Waals surface area contributed by atoms with Gasteiger partial charge in [0.2, 0.25) is 5.95 Å². The number of aromatic amines is 1. The summed E-state index contributed by atoms with van der Waals surface area (Å²) in [6, 6.07) is 9.07. The molecule has 0 spiro atoms. The monoisotopic (exact) mass is 346 g/mol. The highest BCUT2D eigenvalue weighted by atomic mass is 35.5. The fourth-order valence-electron chi connectivity index (χ4n) is 2.31. The molecule has 3 rings (SSSR count). The van der Waals surface area contributed by atoms with Crippen LogP contribution in [0.4, 0.5) is 5.95 Å². The van der Waals surface area contributed by atoms with Gasteiger partial charge in [-0.3, -0.25) is 9.89 Å². The van der Waals surface area contributed by atoms with Gasteiger partial charge in [0.1, 0.15) is 0 Å². The molecule has 8 heteroatoms. The Morgan fingerprint density at radius 3 is 2.88 bits per heavy atom. The van der Waals surface area contributed by atoms with Gasteiger partial charge in [0.15, 0.2) is 0 Å². The first-order valence-electron chi connectivity index (χ1n) is 7.84. The number of halogens is 1. The summed E-state index contributed by atoms with van der Waals surface area (Å²) in [6.45, 7) is 4.02. The van der Waals surface area contributed by atoms with Crippen molar-refractivity contribution in [2.45, 2.75) is 26.4 Å².